The first-order valence-electron chi connectivity index (χ1n) is 9.43. The number of amides is 1. The second-order valence-corrected chi connectivity index (χ2v) is 8.42. The molecule has 0 spiro atoms. The second-order valence-electron chi connectivity index (χ2n) is 7.12. The van der Waals surface area contributed by atoms with E-state index in [9.17, 15) is 9.18 Å². The average molecular weight is 408 g/mol. The highest BCUT2D eigenvalue weighted by Gasteiger charge is 2.24. The number of aromatic nitrogens is 3. The number of carbonyl (C=O) groups excluding carboxylic acids is 1. The summed E-state index contributed by atoms with van der Waals surface area (Å²) < 4.78 is 21.3. The minimum Gasteiger partial charge on any atom is -0.378 e. The third-order valence-corrected chi connectivity index (χ3v) is 5.40. The van der Waals surface area contributed by atoms with E-state index in [1.54, 1.807) is 25.1 Å². The molecule has 1 saturated heterocycles. The monoisotopic (exact) mass is 407 g/mol. The summed E-state index contributed by atoms with van der Waals surface area (Å²) in [5.41, 5.74) is 0.178. The number of thioether (sulfide) groups is 1. The lowest BCUT2D eigenvalue weighted by molar-refractivity contribution is -0.115. The Morgan fingerprint density at radius 2 is 1.96 bits per heavy atom. The Morgan fingerprint density at radius 3 is 2.64 bits per heavy atom. The van der Waals surface area contributed by atoms with E-state index < -0.39 is 11.1 Å². The number of benzene rings is 1. The van der Waals surface area contributed by atoms with E-state index in [0.717, 1.165) is 25.6 Å². The SMILES string of the molecule is CC(C)Cn1c(S[C@H](C)C(=O)Nc2ccccc2F)nnc1N1CCOCC1. The van der Waals surface area contributed by atoms with Gasteiger partial charge in [-0.05, 0) is 25.0 Å². The van der Waals surface area contributed by atoms with Crippen molar-refractivity contribution >= 4 is 29.3 Å². The van der Waals surface area contributed by atoms with Crippen molar-refractivity contribution < 1.29 is 13.9 Å². The predicted molar refractivity (Wildman–Crippen MR) is 108 cm³/mol. The molecule has 0 aliphatic carbocycles. The third kappa shape index (κ3) is 5.02. The molecule has 1 N–H and O–H groups in total. The number of para-hydroxylation sites is 1. The molecule has 1 fully saturated rings. The molecule has 0 unspecified atom stereocenters. The summed E-state index contributed by atoms with van der Waals surface area (Å²) in [6.45, 7) is 9.66. The van der Waals surface area contributed by atoms with Crippen molar-refractivity contribution in [3.8, 4) is 0 Å². The lowest BCUT2D eigenvalue weighted by atomic mass is 10.2. The molecule has 28 heavy (non-hydrogen) atoms. The largest absolute Gasteiger partial charge is 0.378 e. The van der Waals surface area contributed by atoms with Crippen LogP contribution >= 0.6 is 11.8 Å². The van der Waals surface area contributed by atoms with Crippen LogP contribution < -0.4 is 10.2 Å². The highest BCUT2D eigenvalue weighted by atomic mass is 32.2. The molecule has 152 valence electrons. The zero-order valence-corrected chi connectivity index (χ0v) is 17.2. The van der Waals surface area contributed by atoms with E-state index in [0.29, 0.717) is 24.3 Å². The standard InChI is InChI=1S/C19H26FN5O2S/c1-13(2)12-25-18(24-8-10-27-11-9-24)22-23-19(25)28-14(3)17(26)21-16-7-5-4-6-15(16)20/h4-7,13-14H,8-12H2,1-3H3,(H,21,26)/t14-/m1/s1. The van der Waals surface area contributed by atoms with Crippen LogP contribution in [0.3, 0.4) is 0 Å². The van der Waals surface area contributed by atoms with Gasteiger partial charge in [-0.25, -0.2) is 4.39 Å². The van der Waals surface area contributed by atoms with Crippen molar-refractivity contribution in [2.75, 3.05) is 36.5 Å². The van der Waals surface area contributed by atoms with Gasteiger partial charge in [0, 0.05) is 19.6 Å². The van der Waals surface area contributed by atoms with E-state index in [2.05, 4.69) is 38.8 Å². The van der Waals surface area contributed by atoms with E-state index >= 15 is 0 Å². The molecule has 3 rings (SSSR count). The molecule has 0 saturated carbocycles. The fraction of sp³-hybridized carbons (Fsp3) is 0.526. The molecule has 1 aromatic heterocycles. The molecule has 7 nitrogen and oxygen atoms in total. The minimum atomic E-state index is -0.453. The molecule has 1 aliphatic heterocycles. The Labute approximate surface area is 168 Å². The number of nitrogens with one attached hydrogen (secondary N) is 1. The van der Waals surface area contributed by atoms with Crippen LogP contribution in [0.5, 0.6) is 0 Å². The summed E-state index contributed by atoms with van der Waals surface area (Å²) in [6, 6.07) is 6.14. The second kappa shape index (κ2) is 9.38. The Balaban J connectivity index is 1.74. The first kappa shape index (κ1) is 20.6. The molecule has 1 aliphatic rings. The normalized spacial score (nSPS) is 15.7. The number of halogens is 1. The van der Waals surface area contributed by atoms with E-state index in [-0.39, 0.29) is 11.6 Å². The van der Waals surface area contributed by atoms with Crippen LogP contribution in [0.4, 0.5) is 16.0 Å². The van der Waals surface area contributed by atoms with Gasteiger partial charge in [0.25, 0.3) is 0 Å². The van der Waals surface area contributed by atoms with Crippen LogP contribution in [-0.4, -0.2) is 52.2 Å². The molecule has 1 amide bonds. The van der Waals surface area contributed by atoms with Gasteiger partial charge >= 0.3 is 0 Å². The van der Waals surface area contributed by atoms with Gasteiger partial charge < -0.3 is 15.0 Å². The number of anilines is 2. The first-order valence-corrected chi connectivity index (χ1v) is 10.3. The molecule has 2 heterocycles. The van der Waals surface area contributed by atoms with Gasteiger partial charge in [0.2, 0.25) is 11.9 Å². The Kier molecular flexibility index (Phi) is 6.90. The maximum Gasteiger partial charge on any atom is 0.237 e. The fourth-order valence-electron chi connectivity index (χ4n) is 2.90. The number of nitrogens with zero attached hydrogens (tertiary/aromatic N) is 4. The summed E-state index contributed by atoms with van der Waals surface area (Å²) in [7, 11) is 0. The Hall–Kier alpha value is -2.13. The Bertz CT molecular complexity index is 807. The quantitative estimate of drug-likeness (QED) is 0.712. The molecule has 1 atom stereocenters. The first-order chi connectivity index (χ1) is 13.5. The lowest BCUT2D eigenvalue weighted by Crippen LogP contribution is -2.38. The van der Waals surface area contributed by atoms with Crippen LogP contribution in [0, 0.1) is 11.7 Å². The van der Waals surface area contributed by atoms with Crippen molar-refractivity contribution in [2.45, 2.75) is 37.7 Å². The van der Waals surface area contributed by atoms with Gasteiger partial charge in [0.15, 0.2) is 5.16 Å². The zero-order valence-electron chi connectivity index (χ0n) is 16.4. The minimum absolute atomic E-state index is 0.178. The van der Waals surface area contributed by atoms with Gasteiger partial charge in [-0.1, -0.05) is 37.7 Å². The summed E-state index contributed by atoms with van der Waals surface area (Å²) in [6.07, 6.45) is 0. The van der Waals surface area contributed by atoms with Gasteiger partial charge in [-0.3, -0.25) is 9.36 Å². The zero-order chi connectivity index (χ0) is 20.1. The maximum absolute atomic E-state index is 13.8. The van der Waals surface area contributed by atoms with Crippen molar-refractivity contribution in [1.29, 1.82) is 0 Å². The third-order valence-electron chi connectivity index (χ3n) is 4.32. The van der Waals surface area contributed by atoms with Crippen molar-refractivity contribution in [3.05, 3.63) is 30.1 Å². The smallest absolute Gasteiger partial charge is 0.237 e. The number of morpholine rings is 1. The number of hydrogen-bond donors (Lipinski definition) is 1. The van der Waals surface area contributed by atoms with Crippen molar-refractivity contribution in [2.24, 2.45) is 5.92 Å². The van der Waals surface area contributed by atoms with Gasteiger partial charge in [0.1, 0.15) is 5.82 Å². The molecular weight excluding hydrogens is 381 g/mol. The van der Waals surface area contributed by atoms with Crippen molar-refractivity contribution in [3.63, 3.8) is 0 Å². The highest BCUT2D eigenvalue weighted by molar-refractivity contribution is 8.00. The summed E-state index contributed by atoms with van der Waals surface area (Å²) in [5, 5.41) is 11.6. The topological polar surface area (TPSA) is 72.3 Å². The van der Waals surface area contributed by atoms with Crippen LogP contribution in [0.1, 0.15) is 20.8 Å². The average Bonchev–Trinajstić information content (AvgIpc) is 3.06. The summed E-state index contributed by atoms with van der Waals surface area (Å²) >= 11 is 1.33. The number of carbonyl (C=O) groups is 1. The molecule has 0 radical (unpaired) electrons. The van der Waals surface area contributed by atoms with E-state index in [1.807, 2.05) is 0 Å². The maximum atomic E-state index is 13.8. The van der Waals surface area contributed by atoms with Gasteiger partial charge in [-0.2, -0.15) is 0 Å². The van der Waals surface area contributed by atoms with E-state index in [1.165, 1.54) is 17.8 Å². The lowest BCUT2D eigenvalue weighted by Gasteiger charge is -2.28. The van der Waals surface area contributed by atoms with Gasteiger partial charge in [0.05, 0.1) is 24.2 Å². The fourth-order valence-corrected chi connectivity index (χ4v) is 3.75. The number of rotatable bonds is 7. The molecule has 9 heteroatoms. The molecule has 1 aromatic carbocycles. The molecule has 2 aromatic rings. The summed E-state index contributed by atoms with van der Waals surface area (Å²) in [4.78, 5) is 14.7. The molecule has 0 bridgehead atoms. The van der Waals surface area contributed by atoms with E-state index in [4.69, 9.17) is 4.74 Å². The molecular formula is C19H26FN5O2S. The summed E-state index contributed by atoms with van der Waals surface area (Å²) in [5.74, 6) is 0.478. The number of ether oxygens (including phenoxy) is 1. The number of hydrogen-bond acceptors (Lipinski definition) is 6. The van der Waals surface area contributed by atoms with Crippen LogP contribution in [-0.2, 0) is 16.1 Å². The predicted octanol–water partition coefficient (Wildman–Crippen LogP) is 3.03. The van der Waals surface area contributed by atoms with Crippen molar-refractivity contribution in [1.82, 2.24) is 14.8 Å². The van der Waals surface area contributed by atoms with Crippen LogP contribution in [0.2, 0.25) is 0 Å². The Morgan fingerprint density at radius 1 is 1.25 bits per heavy atom. The van der Waals surface area contributed by atoms with Gasteiger partial charge in [-0.15, -0.1) is 10.2 Å². The highest BCUT2D eigenvalue weighted by Crippen LogP contribution is 2.28. The van der Waals surface area contributed by atoms with Crippen LogP contribution in [0.15, 0.2) is 29.4 Å². The van der Waals surface area contributed by atoms with Crippen LogP contribution in [0.25, 0.3) is 0 Å².